The van der Waals surface area contributed by atoms with Gasteiger partial charge in [-0.25, -0.2) is 13.1 Å². The van der Waals surface area contributed by atoms with Crippen molar-refractivity contribution in [3.8, 4) is 0 Å². The van der Waals surface area contributed by atoms with E-state index < -0.39 is 10.0 Å². The Morgan fingerprint density at radius 2 is 1.57 bits per heavy atom. The van der Waals surface area contributed by atoms with E-state index in [0.29, 0.717) is 0 Å². The molecule has 0 saturated heterocycles. The van der Waals surface area contributed by atoms with Gasteiger partial charge in [0.2, 0.25) is 10.0 Å². The molecular weight excluding hydrogens is 372 g/mol. The Labute approximate surface area is 165 Å². The maximum Gasteiger partial charge on any atom is 0.252 e. The second kappa shape index (κ2) is 8.37. The minimum Gasteiger partial charge on any atom is -0.341 e. The first kappa shape index (κ1) is 19.8. The van der Waals surface area contributed by atoms with Gasteiger partial charge < -0.3 is 5.32 Å². The second-order valence-electron chi connectivity index (χ2n) is 6.41. The highest BCUT2D eigenvalue weighted by Crippen LogP contribution is 2.25. The molecule has 1 atom stereocenters. The van der Waals surface area contributed by atoms with E-state index in [0.717, 1.165) is 16.7 Å². The average Bonchev–Trinajstić information content (AvgIpc) is 2.73. The molecule has 144 valence electrons. The molecule has 0 aliphatic heterocycles. The largest absolute Gasteiger partial charge is 0.341 e. The summed E-state index contributed by atoms with van der Waals surface area (Å²) in [4.78, 5) is 13.0. The maximum atomic E-state index is 13.0. The van der Waals surface area contributed by atoms with Crippen molar-refractivity contribution in [1.82, 2.24) is 10.0 Å². The number of carbonyl (C=O) groups is 1. The third-order valence-electron chi connectivity index (χ3n) is 4.58. The van der Waals surface area contributed by atoms with E-state index in [1.165, 1.54) is 19.2 Å². The van der Waals surface area contributed by atoms with Crippen LogP contribution in [0.5, 0.6) is 0 Å². The Bertz CT molecular complexity index is 1080. The van der Waals surface area contributed by atoms with Crippen molar-refractivity contribution in [2.45, 2.75) is 17.9 Å². The first-order valence-corrected chi connectivity index (χ1v) is 10.4. The van der Waals surface area contributed by atoms with Crippen molar-refractivity contribution in [1.29, 1.82) is 0 Å². The summed E-state index contributed by atoms with van der Waals surface area (Å²) in [6.45, 7) is 2.00. The molecule has 0 heterocycles. The number of hydrogen-bond donors (Lipinski definition) is 2. The third-order valence-corrected chi connectivity index (χ3v) is 6.00. The van der Waals surface area contributed by atoms with Crippen LogP contribution < -0.4 is 10.0 Å². The number of sulfonamides is 1. The summed E-state index contributed by atoms with van der Waals surface area (Å²) >= 11 is 0. The highest BCUT2D eigenvalue weighted by Gasteiger charge is 2.20. The summed E-state index contributed by atoms with van der Waals surface area (Å²) in [7, 11) is -2.28. The molecule has 0 aliphatic rings. The number of rotatable bonds is 6. The third kappa shape index (κ3) is 4.30. The van der Waals surface area contributed by atoms with Crippen LogP contribution in [0.3, 0.4) is 0 Å². The molecule has 0 bridgehead atoms. The lowest BCUT2D eigenvalue weighted by molar-refractivity contribution is 0.0942. The van der Waals surface area contributed by atoms with E-state index in [4.69, 9.17) is 0 Å². The molecule has 1 amide bonds. The lowest BCUT2D eigenvalue weighted by Crippen LogP contribution is -2.30. The molecule has 0 saturated carbocycles. The standard InChI is InChI=1S/C22H22N2O3S/c1-16-9-6-7-14-20(16)21(17-10-4-3-5-11-17)24-22(25)18-12-8-13-19(15-18)28(26,27)23-2/h3-15,21,23H,1-2H3,(H,24,25). The van der Waals surface area contributed by atoms with Crippen molar-refractivity contribution in [3.63, 3.8) is 0 Å². The van der Waals surface area contributed by atoms with Crippen LogP contribution in [-0.4, -0.2) is 21.4 Å². The van der Waals surface area contributed by atoms with Gasteiger partial charge in [0.15, 0.2) is 0 Å². The van der Waals surface area contributed by atoms with E-state index in [2.05, 4.69) is 10.0 Å². The molecular formula is C22H22N2O3S. The van der Waals surface area contributed by atoms with Crippen molar-refractivity contribution < 1.29 is 13.2 Å². The van der Waals surface area contributed by atoms with Gasteiger partial charge in [-0.15, -0.1) is 0 Å². The van der Waals surface area contributed by atoms with Crippen molar-refractivity contribution in [3.05, 3.63) is 101 Å². The quantitative estimate of drug-likeness (QED) is 0.673. The summed E-state index contributed by atoms with van der Waals surface area (Å²) in [5, 5.41) is 3.05. The van der Waals surface area contributed by atoms with Gasteiger partial charge >= 0.3 is 0 Å². The molecule has 3 aromatic carbocycles. The Morgan fingerprint density at radius 1 is 0.893 bits per heavy atom. The van der Waals surface area contributed by atoms with Gasteiger partial charge in [-0.1, -0.05) is 60.7 Å². The maximum absolute atomic E-state index is 13.0. The Kier molecular flexibility index (Phi) is 5.92. The SMILES string of the molecule is CNS(=O)(=O)c1cccc(C(=O)NC(c2ccccc2)c2ccccc2C)c1. The normalized spacial score (nSPS) is 12.4. The Morgan fingerprint density at radius 3 is 2.25 bits per heavy atom. The summed E-state index contributed by atoms with van der Waals surface area (Å²) in [6, 6.07) is 23.2. The molecule has 0 radical (unpaired) electrons. The topological polar surface area (TPSA) is 75.3 Å². The van der Waals surface area contributed by atoms with Crippen LogP contribution in [0.25, 0.3) is 0 Å². The molecule has 0 spiro atoms. The molecule has 28 heavy (non-hydrogen) atoms. The molecule has 0 fully saturated rings. The minimum atomic E-state index is -3.62. The molecule has 5 nitrogen and oxygen atoms in total. The van der Waals surface area contributed by atoms with E-state index in [9.17, 15) is 13.2 Å². The highest BCUT2D eigenvalue weighted by atomic mass is 32.2. The van der Waals surface area contributed by atoms with Crippen molar-refractivity contribution in [2.75, 3.05) is 7.05 Å². The zero-order valence-corrected chi connectivity index (χ0v) is 16.5. The van der Waals surface area contributed by atoms with Gasteiger partial charge in [0.25, 0.3) is 5.91 Å². The molecule has 6 heteroatoms. The second-order valence-corrected chi connectivity index (χ2v) is 8.30. The van der Waals surface area contributed by atoms with Crippen LogP contribution in [0.15, 0.2) is 83.8 Å². The number of carbonyl (C=O) groups excluding carboxylic acids is 1. The molecule has 0 aromatic heterocycles. The summed E-state index contributed by atoms with van der Waals surface area (Å²) in [5.41, 5.74) is 3.28. The van der Waals surface area contributed by atoms with E-state index in [1.807, 2.05) is 61.5 Å². The van der Waals surface area contributed by atoms with Gasteiger partial charge in [-0.2, -0.15) is 0 Å². The van der Waals surface area contributed by atoms with Gasteiger partial charge in [0, 0.05) is 5.56 Å². The van der Waals surface area contributed by atoms with Crippen LogP contribution in [-0.2, 0) is 10.0 Å². The van der Waals surface area contributed by atoms with Gasteiger partial charge in [0.1, 0.15) is 0 Å². The lowest BCUT2D eigenvalue weighted by atomic mass is 9.94. The van der Waals surface area contributed by atoms with Crippen LogP contribution in [0, 0.1) is 6.92 Å². The molecule has 0 aliphatic carbocycles. The summed E-state index contributed by atoms with van der Waals surface area (Å²) in [6.07, 6.45) is 0. The van der Waals surface area contributed by atoms with Gasteiger partial charge in [-0.3, -0.25) is 4.79 Å². The smallest absolute Gasteiger partial charge is 0.252 e. The monoisotopic (exact) mass is 394 g/mol. The van der Waals surface area contributed by atoms with E-state index >= 15 is 0 Å². The van der Waals surface area contributed by atoms with Crippen LogP contribution in [0.4, 0.5) is 0 Å². The number of aryl methyl sites for hydroxylation is 1. The van der Waals surface area contributed by atoms with Gasteiger partial charge in [-0.05, 0) is 48.9 Å². The zero-order valence-electron chi connectivity index (χ0n) is 15.7. The number of benzene rings is 3. The first-order chi connectivity index (χ1) is 13.4. The molecule has 2 N–H and O–H groups in total. The first-order valence-electron chi connectivity index (χ1n) is 8.87. The Balaban J connectivity index is 1.97. The molecule has 3 rings (SSSR count). The van der Waals surface area contributed by atoms with Crippen LogP contribution in [0.2, 0.25) is 0 Å². The van der Waals surface area contributed by atoms with Crippen LogP contribution in [0.1, 0.15) is 33.1 Å². The fourth-order valence-electron chi connectivity index (χ4n) is 3.03. The van der Waals surface area contributed by atoms with E-state index in [-0.39, 0.29) is 22.4 Å². The lowest BCUT2D eigenvalue weighted by Gasteiger charge is -2.22. The number of nitrogens with one attached hydrogen (secondary N) is 2. The van der Waals surface area contributed by atoms with Crippen molar-refractivity contribution >= 4 is 15.9 Å². The van der Waals surface area contributed by atoms with Gasteiger partial charge in [0.05, 0.1) is 10.9 Å². The Hall–Kier alpha value is -2.96. The number of amides is 1. The van der Waals surface area contributed by atoms with Crippen molar-refractivity contribution in [2.24, 2.45) is 0 Å². The fraction of sp³-hybridized carbons (Fsp3) is 0.136. The minimum absolute atomic E-state index is 0.0507. The predicted octanol–water partition coefficient (Wildman–Crippen LogP) is 3.42. The molecule has 3 aromatic rings. The fourth-order valence-corrected chi connectivity index (χ4v) is 3.81. The summed E-state index contributed by atoms with van der Waals surface area (Å²) < 4.78 is 26.3. The van der Waals surface area contributed by atoms with Crippen LogP contribution >= 0.6 is 0 Å². The highest BCUT2D eigenvalue weighted by molar-refractivity contribution is 7.89. The molecule has 1 unspecified atom stereocenters. The zero-order chi connectivity index (χ0) is 20.1. The van der Waals surface area contributed by atoms with E-state index in [1.54, 1.807) is 12.1 Å². The summed E-state index contributed by atoms with van der Waals surface area (Å²) in [5.74, 6) is -0.342. The predicted molar refractivity (Wildman–Crippen MR) is 110 cm³/mol. The number of hydrogen-bond acceptors (Lipinski definition) is 3. The average molecular weight is 394 g/mol.